The zero-order valence-corrected chi connectivity index (χ0v) is 10.7. The normalized spacial score (nSPS) is 11.5. The molecule has 0 saturated carbocycles. The molecule has 0 bridgehead atoms. The molecule has 1 aromatic rings. The fraction of sp³-hybridized carbons (Fsp3) is 0.538. The summed E-state index contributed by atoms with van der Waals surface area (Å²) in [4.78, 5) is 0. The van der Waals surface area contributed by atoms with E-state index in [4.69, 9.17) is 16.3 Å². The molecule has 0 spiro atoms. The smallest absolute Gasteiger partial charge is 0.120 e. The van der Waals surface area contributed by atoms with Gasteiger partial charge in [0.2, 0.25) is 0 Å². The molecular weight excluding hydrogens is 208 g/mol. The second-order valence-electron chi connectivity index (χ2n) is 4.65. The number of halogens is 1. The van der Waals surface area contributed by atoms with Crippen molar-refractivity contribution in [2.75, 3.05) is 7.11 Å². The van der Waals surface area contributed by atoms with E-state index in [2.05, 4.69) is 26.8 Å². The third-order valence-corrected chi connectivity index (χ3v) is 3.24. The van der Waals surface area contributed by atoms with Crippen LogP contribution in [0.25, 0.3) is 0 Å². The maximum Gasteiger partial charge on any atom is 0.120 e. The van der Waals surface area contributed by atoms with Gasteiger partial charge in [0.05, 0.1) is 7.11 Å². The lowest BCUT2D eigenvalue weighted by Crippen LogP contribution is -2.13. The summed E-state index contributed by atoms with van der Waals surface area (Å²) in [6.45, 7) is 6.72. The van der Waals surface area contributed by atoms with Crippen molar-refractivity contribution in [2.45, 2.75) is 33.6 Å². The minimum Gasteiger partial charge on any atom is -0.497 e. The van der Waals surface area contributed by atoms with Crippen molar-refractivity contribution in [2.24, 2.45) is 5.41 Å². The van der Waals surface area contributed by atoms with Crippen molar-refractivity contribution in [3.05, 3.63) is 28.8 Å². The van der Waals surface area contributed by atoms with Gasteiger partial charge < -0.3 is 4.74 Å². The highest BCUT2D eigenvalue weighted by Crippen LogP contribution is 2.30. The number of benzene rings is 1. The minimum absolute atomic E-state index is 0.304. The first-order valence-corrected chi connectivity index (χ1v) is 5.69. The summed E-state index contributed by atoms with van der Waals surface area (Å²) in [5, 5.41) is 0.802. The van der Waals surface area contributed by atoms with Crippen molar-refractivity contribution < 1.29 is 4.74 Å². The van der Waals surface area contributed by atoms with Crippen LogP contribution in [0.4, 0.5) is 0 Å². The number of hydrogen-bond donors (Lipinski definition) is 0. The van der Waals surface area contributed by atoms with E-state index in [9.17, 15) is 0 Å². The predicted octanol–water partition coefficient (Wildman–Crippen LogP) is 4.33. The fourth-order valence-corrected chi connectivity index (χ4v) is 1.68. The van der Waals surface area contributed by atoms with Crippen molar-refractivity contribution in [1.29, 1.82) is 0 Å². The van der Waals surface area contributed by atoms with Gasteiger partial charge in [-0.2, -0.15) is 0 Å². The molecule has 0 N–H and O–H groups in total. The van der Waals surface area contributed by atoms with Gasteiger partial charge in [-0.15, -0.1) is 0 Å². The SMILES string of the molecule is CCC(C)(C)Cc1ccc(OC)cc1Cl. The Bertz CT molecular complexity index is 331. The molecule has 1 rings (SSSR count). The van der Waals surface area contributed by atoms with E-state index in [1.165, 1.54) is 5.56 Å². The molecule has 1 aromatic carbocycles. The van der Waals surface area contributed by atoms with Crippen LogP contribution in [0, 0.1) is 5.41 Å². The van der Waals surface area contributed by atoms with Crippen LogP contribution in [-0.4, -0.2) is 7.11 Å². The quantitative estimate of drug-likeness (QED) is 0.743. The Hall–Kier alpha value is -0.690. The Kier molecular flexibility index (Phi) is 4.04. The van der Waals surface area contributed by atoms with Gasteiger partial charge in [-0.25, -0.2) is 0 Å². The topological polar surface area (TPSA) is 9.23 Å². The Morgan fingerprint density at radius 2 is 2.00 bits per heavy atom. The highest BCUT2D eigenvalue weighted by molar-refractivity contribution is 6.31. The van der Waals surface area contributed by atoms with Crippen LogP contribution in [0.1, 0.15) is 32.8 Å². The highest BCUT2D eigenvalue weighted by atomic mass is 35.5. The Balaban J connectivity index is 2.87. The molecule has 0 aliphatic heterocycles. The molecular formula is C13H19ClO. The lowest BCUT2D eigenvalue weighted by molar-refractivity contribution is 0.349. The van der Waals surface area contributed by atoms with Crippen molar-refractivity contribution >= 4 is 11.6 Å². The number of rotatable bonds is 4. The summed E-state index contributed by atoms with van der Waals surface area (Å²) in [6, 6.07) is 5.90. The molecule has 0 amide bonds. The molecule has 0 aliphatic carbocycles. The molecule has 0 radical (unpaired) electrons. The van der Waals surface area contributed by atoms with Crippen LogP contribution in [0.15, 0.2) is 18.2 Å². The van der Waals surface area contributed by atoms with Gasteiger partial charge in [0.25, 0.3) is 0 Å². The van der Waals surface area contributed by atoms with Crippen LogP contribution in [-0.2, 0) is 6.42 Å². The van der Waals surface area contributed by atoms with Gasteiger partial charge in [0.1, 0.15) is 5.75 Å². The van der Waals surface area contributed by atoms with Gasteiger partial charge in [-0.1, -0.05) is 44.9 Å². The Labute approximate surface area is 97.4 Å². The summed E-state index contributed by atoms with van der Waals surface area (Å²) in [5.41, 5.74) is 1.50. The standard InChI is InChI=1S/C13H19ClO/c1-5-13(2,3)9-10-6-7-11(15-4)8-12(10)14/h6-8H,5,9H2,1-4H3. The van der Waals surface area contributed by atoms with Crippen LogP contribution in [0.3, 0.4) is 0 Å². The van der Waals surface area contributed by atoms with E-state index in [0.717, 1.165) is 23.6 Å². The van der Waals surface area contributed by atoms with E-state index >= 15 is 0 Å². The molecule has 2 heteroatoms. The second kappa shape index (κ2) is 4.89. The van der Waals surface area contributed by atoms with Crippen molar-refractivity contribution in [3.8, 4) is 5.75 Å². The second-order valence-corrected chi connectivity index (χ2v) is 5.06. The van der Waals surface area contributed by atoms with Crippen LogP contribution in [0.5, 0.6) is 5.75 Å². The molecule has 1 nitrogen and oxygen atoms in total. The van der Waals surface area contributed by atoms with Crippen LogP contribution in [0.2, 0.25) is 5.02 Å². The summed E-state index contributed by atoms with van der Waals surface area (Å²) in [7, 11) is 1.65. The molecule has 0 atom stereocenters. The van der Waals surface area contributed by atoms with Crippen LogP contribution >= 0.6 is 11.6 Å². The highest BCUT2D eigenvalue weighted by Gasteiger charge is 2.17. The molecule has 0 aromatic heterocycles. The zero-order valence-electron chi connectivity index (χ0n) is 9.93. The van der Waals surface area contributed by atoms with E-state index in [1.807, 2.05) is 12.1 Å². The Morgan fingerprint density at radius 3 is 2.47 bits per heavy atom. The van der Waals surface area contributed by atoms with Gasteiger partial charge in [0.15, 0.2) is 0 Å². The Morgan fingerprint density at radius 1 is 1.33 bits per heavy atom. The van der Waals surface area contributed by atoms with Crippen molar-refractivity contribution in [1.82, 2.24) is 0 Å². The van der Waals surface area contributed by atoms with Gasteiger partial charge in [-0.05, 0) is 29.5 Å². The first kappa shape index (κ1) is 12.4. The third-order valence-electron chi connectivity index (χ3n) is 2.89. The van der Waals surface area contributed by atoms with Gasteiger partial charge in [0, 0.05) is 5.02 Å². The van der Waals surface area contributed by atoms with Crippen molar-refractivity contribution in [3.63, 3.8) is 0 Å². The minimum atomic E-state index is 0.304. The van der Waals surface area contributed by atoms with Crippen LogP contribution < -0.4 is 4.74 Å². The molecule has 0 aliphatic rings. The average molecular weight is 227 g/mol. The summed E-state index contributed by atoms with van der Waals surface area (Å²) in [5.74, 6) is 0.818. The largest absolute Gasteiger partial charge is 0.497 e. The molecule has 15 heavy (non-hydrogen) atoms. The first-order valence-electron chi connectivity index (χ1n) is 5.31. The lowest BCUT2D eigenvalue weighted by atomic mass is 9.83. The lowest BCUT2D eigenvalue weighted by Gasteiger charge is -2.23. The molecule has 0 fully saturated rings. The van der Waals surface area contributed by atoms with E-state index in [1.54, 1.807) is 7.11 Å². The average Bonchev–Trinajstić information content (AvgIpc) is 2.21. The summed E-state index contributed by atoms with van der Waals surface area (Å²) in [6.07, 6.45) is 2.15. The summed E-state index contributed by atoms with van der Waals surface area (Å²) >= 11 is 6.19. The van der Waals surface area contributed by atoms with E-state index in [-0.39, 0.29) is 0 Å². The zero-order chi connectivity index (χ0) is 11.5. The molecule has 0 saturated heterocycles. The number of hydrogen-bond acceptors (Lipinski definition) is 1. The monoisotopic (exact) mass is 226 g/mol. The molecule has 84 valence electrons. The van der Waals surface area contributed by atoms with E-state index in [0.29, 0.717) is 5.41 Å². The summed E-state index contributed by atoms with van der Waals surface area (Å²) < 4.78 is 5.12. The number of ether oxygens (including phenoxy) is 1. The third kappa shape index (κ3) is 3.42. The molecule has 0 unspecified atom stereocenters. The fourth-order valence-electron chi connectivity index (χ4n) is 1.44. The van der Waals surface area contributed by atoms with E-state index < -0.39 is 0 Å². The maximum atomic E-state index is 6.19. The van der Waals surface area contributed by atoms with Gasteiger partial charge >= 0.3 is 0 Å². The number of methoxy groups -OCH3 is 1. The first-order chi connectivity index (χ1) is 6.98. The van der Waals surface area contributed by atoms with Gasteiger partial charge in [-0.3, -0.25) is 0 Å². The maximum absolute atomic E-state index is 6.19. The molecule has 0 heterocycles. The predicted molar refractivity (Wildman–Crippen MR) is 65.8 cm³/mol.